The number of carbonyl (C=O) groups excluding carboxylic acids is 2. The first kappa shape index (κ1) is 17.2. The Balaban J connectivity index is 1.47. The molecule has 2 aromatic rings. The van der Waals surface area contributed by atoms with Gasteiger partial charge in [0.1, 0.15) is 0 Å². The normalized spacial score (nSPS) is 18.4. The predicted molar refractivity (Wildman–Crippen MR) is 94.5 cm³/mol. The first-order valence-electron chi connectivity index (χ1n) is 8.73. The molecule has 0 spiro atoms. The zero-order valence-corrected chi connectivity index (χ0v) is 14.5. The van der Waals surface area contributed by atoms with E-state index in [0.717, 1.165) is 18.5 Å². The second-order valence-corrected chi connectivity index (χ2v) is 6.48. The van der Waals surface area contributed by atoms with Crippen molar-refractivity contribution in [2.24, 2.45) is 5.92 Å². The fraction of sp³-hybridized carbons (Fsp3) is 0.421. The van der Waals surface area contributed by atoms with E-state index in [1.165, 1.54) is 0 Å². The predicted octanol–water partition coefficient (Wildman–Crippen LogP) is 2.00. The number of aryl methyl sites for hydroxylation is 1. The minimum Gasteiger partial charge on any atom is -0.356 e. The maximum Gasteiger partial charge on any atom is 0.225 e. The van der Waals surface area contributed by atoms with Crippen LogP contribution in [0.1, 0.15) is 31.4 Å². The molecule has 0 aliphatic carbocycles. The molecule has 0 bridgehead atoms. The van der Waals surface area contributed by atoms with Gasteiger partial charge in [-0.05, 0) is 18.9 Å². The summed E-state index contributed by atoms with van der Waals surface area (Å²) in [4.78, 5) is 30.5. The van der Waals surface area contributed by atoms with Gasteiger partial charge in [0.2, 0.25) is 11.8 Å². The maximum absolute atomic E-state index is 12.3. The topological polar surface area (TPSA) is 67.2 Å². The molecule has 2 atom stereocenters. The lowest BCUT2D eigenvalue weighted by Crippen LogP contribution is -2.34. The van der Waals surface area contributed by atoms with Crippen molar-refractivity contribution in [2.45, 2.75) is 32.4 Å². The van der Waals surface area contributed by atoms with E-state index in [1.807, 2.05) is 52.9 Å². The van der Waals surface area contributed by atoms with E-state index in [-0.39, 0.29) is 23.8 Å². The number of benzene rings is 1. The van der Waals surface area contributed by atoms with Gasteiger partial charge in [0.05, 0.1) is 18.3 Å². The summed E-state index contributed by atoms with van der Waals surface area (Å²) in [5.41, 5.74) is 1.09. The molecule has 2 amide bonds. The van der Waals surface area contributed by atoms with Crippen LogP contribution in [-0.2, 0) is 16.1 Å². The summed E-state index contributed by atoms with van der Waals surface area (Å²) in [5, 5.41) is 2.96. The Labute approximate surface area is 147 Å². The van der Waals surface area contributed by atoms with Gasteiger partial charge >= 0.3 is 0 Å². The molecule has 1 N–H and O–H groups in total. The molecular weight excluding hydrogens is 316 g/mol. The smallest absolute Gasteiger partial charge is 0.225 e. The van der Waals surface area contributed by atoms with Crippen molar-refractivity contribution >= 4 is 11.8 Å². The molecule has 2 heterocycles. The standard InChI is InChI=1S/C19H24N4O2/c1-15(16-6-3-2-4-7-16)23-13-17(12-18(23)24)19(25)21-8-5-10-22-11-9-20-14-22/h2-4,6-7,9,11,14-15,17H,5,8,10,12-13H2,1H3,(H,21,25). The van der Waals surface area contributed by atoms with Crippen LogP contribution in [0.25, 0.3) is 0 Å². The van der Waals surface area contributed by atoms with Gasteiger partial charge in [-0.1, -0.05) is 30.3 Å². The molecule has 6 heteroatoms. The maximum atomic E-state index is 12.3. The van der Waals surface area contributed by atoms with Crippen LogP contribution in [0.3, 0.4) is 0 Å². The zero-order valence-electron chi connectivity index (χ0n) is 14.5. The molecule has 0 radical (unpaired) electrons. The number of likely N-dealkylation sites (tertiary alicyclic amines) is 1. The Morgan fingerprint density at radius 2 is 2.16 bits per heavy atom. The molecule has 0 saturated carbocycles. The molecule has 2 unspecified atom stereocenters. The molecule has 1 aromatic heterocycles. The molecule has 1 aliphatic rings. The van der Waals surface area contributed by atoms with Gasteiger partial charge < -0.3 is 14.8 Å². The summed E-state index contributed by atoms with van der Waals surface area (Å²) in [6.45, 7) is 3.93. The fourth-order valence-corrected chi connectivity index (χ4v) is 3.23. The zero-order chi connectivity index (χ0) is 17.6. The Bertz CT molecular complexity index is 699. The Kier molecular flexibility index (Phi) is 5.48. The lowest BCUT2D eigenvalue weighted by atomic mass is 10.1. The number of aromatic nitrogens is 2. The summed E-state index contributed by atoms with van der Waals surface area (Å²) in [6, 6.07) is 9.92. The molecule has 25 heavy (non-hydrogen) atoms. The number of hydrogen-bond acceptors (Lipinski definition) is 3. The van der Waals surface area contributed by atoms with E-state index in [9.17, 15) is 9.59 Å². The third kappa shape index (κ3) is 4.26. The van der Waals surface area contributed by atoms with E-state index in [4.69, 9.17) is 0 Å². The third-order valence-electron chi connectivity index (χ3n) is 4.73. The Morgan fingerprint density at radius 3 is 2.88 bits per heavy atom. The van der Waals surface area contributed by atoms with Crippen molar-refractivity contribution in [3.8, 4) is 0 Å². The molecule has 132 valence electrons. The molecule has 3 rings (SSSR count). The average molecular weight is 340 g/mol. The number of nitrogens with one attached hydrogen (secondary N) is 1. The number of nitrogens with zero attached hydrogens (tertiary/aromatic N) is 3. The van der Waals surface area contributed by atoms with Gasteiger partial charge in [0.15, 0.2) is 0 Å². The van der Waals surface area contributed by atoms with Gasteiger partial charge in [-0.3, -0.25) is 9.59 Å². The van der Waals surface area contributed by atoms with Crippen molar-refractivity contribution in [1.29, 1.82) is 0 Å². The third-order valence-corrected chi connectivity index (χ3v) is 4.73. The van der Waals surface area contributed by atoms with E-state index in [2.05, 4.69) is 10.3 Å². The lowest BCUT2D eigenvalue weighted by molar-refractivity contribution is -0.130. The monoisotopic (exact) mass is 340 g/mol. The lowest BCUT2D eigenvalue weighted by Gasteiger charge is -2.25. The largest absolute Gasteiger partial charge is 0.356 e. The van der Waals surface area contributed by atoms with Gasteiger partial charge in [-0.2, -0.15) is 0 Å². The number of rotatable bonds is 7. The van der Waals surface area contributed by atoms with Crippen LogP contribution in [0.4, 0.5) is 0 Å². The summed E-state index contributed by atoms with van der Waals surface area (Å²) in [5.74, 6) is -0.233. The number of amides is 2. The van der Waals surface area contributed by atoms with Crippen LogP contribution in [0.2, 0.25) is 0 Å². The van der Waals surface area contributed by atoms with Crippen molar-refractivity contribution < 1.29 is 9.59 Å². The van der Waals surface area contributed by atoms with Crippen LogP contribution >= 0.6 is 0 Å². The first-order chi connectivity index (χ1) is 12.1. The highest BCUT2D eigenvalue weighted by Crippen LogP contribution is 2.28. The summed E-state index contributed by atoms with van der Waals surface area (Å²) >= 11 is 0. The number of carbonyl (C=O) groups is 2. The van der Waals surface area contributed by atoms with Crippen molar-refractivity contribution in [2.75, 3.05) is 13.1 Å². The summed E-state index contributed by atoms with van der Waals surface area (Å²) < 4.78 is 1.98. The summed E-state index contributed by atoms with van der Waals surface area (Å²) in [6.07, 6.45) is 6.54. The van der Waals surface area contributed by atoms with E-state index >= 15 is 0 Å². The first-order valence-corrected chi connectivity index (χ1v) is 8.73. The van der Waals surface area contributed by atoms with Crippen molar-refractivity contribution in [1.82, 2.24) is 19.8 Å². The average Bonchev–Trinajstić information content (AvgIpc) is 3.28. The van der Waals surface area contributed by atoms with E-state index < -0.39 is 0 Å². The van der Waals surface area contributed by atoms with Crippen molar-refractivity contribution in [3.05, 3.63) is 54.6 Å². The molecule has 6 nitrogen and oxygen atoms in total. The highest BCUT2D eigenvalue weighted by molar-refractivity contribution is 5.89. The van der Waals surface area contributed by atoms with Crippen LogP contribution in [0.15, 0.2) is 49.1 Å². The van der Waals surface area contributed by atoms with Gasteiger partial charge in [-0.15, -0.1) is 0 Å². The molecule has 1 aromatic carbocycles. The van der Waals surface area contributed by atoms with Crippen LogP contribution in [-0.4, -0.2) is 39.4 Å². The quantitative estimate of drug-likeness (QED) is 0.784. The Hall–Kier alpha value is -2.63. The van der Waals surface area contributed by atoms with Gasteiger partial charge in [-0.25, -0.2) is 4.98 Å². The van der Waals surface area contributed by atoms with Crippen LogP contribution in [0, 0.1) is 5.92 Å². The minimum absolute atomic E-state index is 0.00672. The summed E-state index contributed by atoms with van der Waals surface area (Å²) in [7, 11) is 0. The second-order valence-electron chi connectivity index (χ2n) is 6.48. The molecule has 1 saturated heterocycles. The fourth-order valence-electron chi connectivity index (χ4n) is 3.23. The molecular formula is C19H24N4O2. The van der Waals surface area contributed by atoms with Gasteiger partial charge in [0.25, 0.3) is 0 Å². The Morgan fingerprint density at radius 1 is 1.36 bits per heavy atom. The van der Waals surface area contributed by atoms with E-state index in [0.29, 0.717) is 19.5 Å². The number of hydrogen-bond donors (Lipinski definition) is 1. The van der Waals surface area contributed by atoms with Crippen molar-refractivity contribution in [3.63, 3.8) is 0 Å². The van der Waals surface area contributed by atoms with E-state index in [1.54, 1.807) is 12.5 Å². The van der Waals surface area contributed by atoms with Crippen LogP contribution < -0.4 is 5.32 Å². The SMILES string of the molecule is CC(c1ccccc1)N1CC(C(=O)NCCCn2ccnc2)CC1=O. The second kappa shape index (κ2) is 7.96. The van der Waals surface area contributed by atoms with Crippen LogP contribution in [0.5, 0.6) is 0 Å². The molecule has 1 aliphatic heterocycles. The van der Waals surface area contributed by atoms with Gasteiger partial charge in [0, 0.05) is 38.4 Å². The minimum atomic E-state index is -0.257. The molecule has 1 fully saturated rings. The highest BCUT2D eigenvalue weighted by atomic mass is 16.2. The number of imidazole rings is 1. The highest BCUT2D eigenvalue weighted by Gasteiger charge is 2.36.